The van der Waals surface area contributed by atoms with Crippen molar-refractivity contribution in [3.63, 3.8) is 0 Å². The Morgan fingerprint density at radius 1 is 0.696 bits per heavy atom. The fourth-order valence-corrected chi connectivity index (χ4v) is 2.78. The molecular formula is C21H28O2. The SMILES string of the molecule is COc1ccc(CC(Cc2ccc(OC)cc2)C(C)(C)C)cc1. The molecule has 0 radical (unpaired) electrons. The Morgan fingerprint density at radius 2 is 1.04 bits per heavy atom. The minimum Gasteiger partial charge on any atom is -0.497 e. The van der Waals surface area contributed by atoms with Gasteiger partial charge >= 0.3 is 0 Å². The molecule has 23 heavy (non-hydrogen) atoms. The highest BCUT2D eigenvalue weighted by atomic mass is 16.5. The van der Waals surface area contributed by atoms with Gasteiger partial charge in [-0.25, -0.2) is 0 Å². The van der Waals surface area contributed by atoms with Crippen LogP contribution in [0.25, 0.3) is 0 Å². The lowest BCUT2D eigenvalue weighted by atomic mass is 9.74. The van der Waals surface area contributed by atoms with E-state index in [0.29, 0.717) is 5.92 Å². The summed E-state index contributed by atoms with van der Waals surface area (Å²) in [5.74, 6) is 2.40. The number of methoxy groups -OCH3 is 2. The number of hydrogen-bond donors (Lipinski definition) is 0. The molecule has 0 atom stereocenters. The highest BCUT2D eigenvalue weighted by Crippen LogP contribution is 2.32. The molecule has 0 saturated heterocycles. The molecule has 2 aromatic carbocycles. The molecule has 0 spiro atoms. The van der Waals surface area contributed by atoms with Gasteiger partial charge in [0.05, 0.1) is 14.2 Å². The van der Waals surface area contributed by atoms with Gasteiger partial charge in [0.2, 0.25) is 0 Å². The monoisotopic (exact) mass is 312 g/mol. The second-order valence-corrected chi connectivity index (χ2v) is 7.17. The maximum absolute atomic E-state index is 5.25. The van der Waals surface area contributed by atoms with Crippen molar-refractivity contribution in [1.29, 1.82) is 0 Å². The van der Waals surface area contributed by atoms with E-state index in [1.807, 2.05) is 24.3 Å². The Morgan fingerprint density at radius 3 is 1.30 bits per heavy atom. The topological polar surface area (TPSA) is 18.5 Å². The largest absolute Gasteiger partial charge is 0.497 e. The molecule has 2 nitrogen and oxygen atoms in total. The van der Waals surface area contributed by atoms with Gasteiger partial charge in [-0.2, -0.15) is 0 Å². The predicted octanol–water partition coefficient (Wildman–Crippen LogP) is 5.15. The van der Waals surface area contributed by atoms with Crippen molar-refractivity contribution < 1.29 is 9.47 Å². The lowest BCUT2D eigenvalue weighted by molar-refractivity contribution is 0.237. The highest BCUT2D eigenvalue weighted by Gasteiger charge is 2.25. The Hall–Kier alpha value is -1.96. The maximum atomic E-state index is 5.25. The lowest BCUT2D eigenvalue weighted by Gasteiger charge is -2.31. The molecule has 124 valence electrons. The van der Waals surface area contributed by atoms with Crippen LogP contribution < -0.4 is 9.47 Å². The van der Waals surface area contributed by atoms with Gasteiger partial charge in [0.1, 0.15) is 11.5 Å². The zero-order valence-corrected chi connectivity index (χ0v) is 14.9. The molecule has 2 aromatic rings. The summed E-state index contributed by atoms with van der Waals surface area (Å²) in [4.78, 5) is 0. The van der Waals surface area contributed by atoms with E-state index in [9.17, 15) is 0 Å². The highest BCUT2D eigenvalue weighted by molar-refractivity contribution is 5.29. The normalized spacial score (nSPS) is 11.6. The van der Waals surface area contributed by atoms with Gasteiger partial charge < -0.3 is 9.47 Å². The molecule has 0 amide bonds. The first kappa shape index (κ1) is 17.4. The molecule has 2 rings (SSSR count). The van der Waals surface area contributed by atoms with Gasteiger partial charge in [0.25, 0.3) is 0 Å². The van der Waals surface area contributed by atoms with Gasteiger partial charge in [-0.3, -0.25) is 0 Å². The van der Waals surface area contributed by atoms with Crippen molar-refractivity contribution in [3.8, 4) is 11.5 Å². The van der Waals surface area contributed by atoms with Crippen LogP contribution in [-0.2, 0) is 12.8 Å². The van der Waals surface area contributed by atoms with Gasteiger partial charge in [-0.15, -0.1) is 0 Å². The number of ether oxygens (including phenoxy) is 2. The van der Waals surface area contributed by atoms with E-state index < -0.39 is 0 Å². The number of rotatable bonds is 6. The fourth-order valence-electron chi connectivity index (χ4n) is 2.78. The molecule has 0 aliphatic heterocycles. The number of hydrogen-bond acceptors (Lipinski definition) is 2. The summed E-state index contributed by atoms with van der Waals surface area (Å²) in [6.45, 7) is 6.97. The molecule has 0 aliphatic rings. The van der Waals surface area contributed by atoms with E-state index in [2.05, 4.69) is 45.0 Å². The van der Waals surface area contributed by atoms with Crippen LogP contribution in [0.3, 0.4) is 0 Å². The summed E-state index contributed by atoms with van der Waals surface area (Å²) in [5, 5.41) is 0. The van der Waals surface area contributed by atoms with E-state index in [1.54, 1.807) is 14.2 Å². The fraction of sp³-hybridized carbons (Fsp3) is 0.429. The minimum absolute atomic E-state index is 0.250. The van der Waals surface area contributed by atoms with Gasteiger partial charge in [0, 0.05) is 0 Å². The van der Waals surface area contributed by atoms with Crippen LogP contribution in [-0.4, -0.2) is 14.2 Å². The molecule has 0 saturated carbocycles. The lowest BCUT2D eigenvalue weighted by Crippen LogP contribution is -2.25. The molecular weight excluding hydrogens is 284 g/mol. The smallest absolute Gasteiger partial charge is 0.118 e. The van der Waals surface area contributed by atoms with Crippen LogP contribution in [0.15, 0.2) is 48.5 Å². The summed E-state index contributed by atoms with van der Waals surface area (Å²) in [7, 11) is 3.41. The molecule has 0 aromatic heterocycles. The molecule has 0 bridgehead atoms. The third-order valence-corrected chi connectivity index (χ3v) is 4.51. The van der Waals surface area contributed by atoms with Crippen molar-refractivity contribution in [2.24, 2.45) is 11.3 Å². The second-order valence-electron chi connectivity index (χ2n) is 7.17. The van der Waals surface area contributed by atoms with E-state index in [4.69, 9.17) is 9.47 Å². The van der Waals surface area contributed by atoms with E-state index >= 15 is 0 Å². The number of benzene rings is 2. The second kappa shape index (κ2) is 7.54. The Bertz CT molecular complexity index is 542. The zero-order valence-electron chi connectivity index (χ0n) is 14.9. The quantitative estimate of drug-likeness (QED) is 0.734. The van der Waals surface area contributed by atoms with Crippen molar-refractivity contribution in [2.75, 3.05) is 14.2 Å². The predicted molar refractivity (Wildman–Crippen MR) is 96.3 cm³/mol. The van der Waals surface area contributed by atoms with Crippen molar-refractivity contribution in [3.05, 3.63) is 59.7 Å². The van der Waals surface area contributed by atoms with Crippen molar-refractivity contribution >= 4 is 0 Å². The summed E-state index contributed by atoms with van der Waals surface area (Å²) in [6, 6.07) is 16.9. The van der Waals surface area contributed by atoms with Crippen molar-refractivity contribution in [2.45, 2.75) is 33.6 Å². The first-order chi connectivity index (χ1) is 10.9. The van der Waals surface area contributed by atoms with Crippen LogP contribution in [0, 0.1) is 11.3 Å². The zero-order chi connectivity index (χ0) is 16.9. The first-order valence-electron chi connectivity index (χ1n) is 8.18. The summed E-state index contributed by atoms with van der Waals surface area (Å²) >= 11 is 0. The van der Waals surface area contributed by atoms with Crippen LogP contribution in [0.4, 0.5) is 0 Å². The Labute approximate surface area is 140 Å². The maximum Gasteiger partial charge on any atom is 0.118 e. The van der Waals surface area contributed by atoms with Gasteiger partial charge in [0.15, 0.2) is 0 Å². The summed E-state index contributed by atoms with van der Waals surface area (Å²) in [5.41, 5.74) is 2.97. The average molecular weight is 312 g/mol. The van der Waals surface area contributed by atoms with Crippen LogP contribution in [0.5, 0.6) is 11.5 Å². The summed E-state index contributed by atoms with van der Waals surface area (Å²) < 4.78 is 10.5. The minimum atomic E-state index is 0.250. The Balaban J connectivity index is 2.12. The van der Waals surface area contributed by atoms with Gasteiger partial charge in [-0.05, 0) is 59.6 Å². The van der Waals surface area contributed by atoms with Gasteiger partial charge in [-0.1, -0.05) is 45.0 Å². The molecule has 0 heterocycles. The Kier molecular flexibility index (Phi) is 5.70. The van der Waals surface area contributed by atoms with Crippen molar-refractivity contribution in [1.82, 2.24) is 0 Å². The first-order valence-corrected chi connectivity index (χ1v) is 8.18. The van der Waals surface area contributed by atoms with E-state index in [0.717, 1.165) is 24.3 Å². The standard InChI is InChI=1S/C21H28O2/c1-21(2,3)18(14-16-6-10-19(22-4)11-7-16)15-17-8-12-20(23-5)13-9-17/h6-13,18H,14-15H2,1-5H3. The van der Waals surface area contributed by atoms with E-state index in [1.165, 1.54) is 11.1 Å². The van der Waals surface area contributed by atoms with E-state index in [-0.39, 0.29) is 5.41 Å². The molecule has 0 aliphatic carbocycles. The summed E-state index contributed by atoms with van der Waals surface area (Å²) in [6.07, 6.45) is 2.14. The third kappa shape index (κ3) is 5.02. The molecule has 0 unspecified atom stereocenters. The third-order valence-electron chi connectivity index (χ3n) is 4.51. The molecule has 0 N–H and O–H groups in total. The van der Waals surface area contributed by atoms with Crippen LogP contribution in [0.1, 0.15) is 31.9 Å². The average Bonchev–Trinajstić information content (AvgIpc) is 2.54. The molecule has 0 fully saturated rings. The van der Waals surface area contributed by atoms with Crippen LogP contribution in [0.2, 0.25) is 0 Å². The molecule has 2 heteroatoms. The van der Waals surface area contributed by atoms with Crippen LogP contribution >= 0.6 is 0 Å².